The van der Waals surface area contributed by atoms with Crippen molar-refractivity contribution in [3.05, 3.63) is 116 Å². The van der Waals surface area contributed by atoms with E-state index in [1.807, 2.05) is 58.9 Å². The van der Waals surface area contributed by atoms with Crippen molar-refractivity contribution < 1.29 is 29.0 Å². The Balaban J connectivity index is 1.60. The molecule has 1 fully saturated rings. The molecule has 0 bridgehead atoms. The molecule has 0 spiro atoms. The Bertz CT molecular complexity index is 1920. The standard InChI is InChI=1S/C40H42Cl2N2O6/c1-7-49-34-19-26(17-18-33(34)50-21-27-28(41)13-10-14-29(27)42)35-36(38(46)43-30-15-8-11-22(2)24(30)4)32(45)20-40(6,48)37(35)39(47)44-31-16-9-12-23(3)25(31)5/h8-19,35-37,48H,7,20-21H2,1-6H3,(H,43,46)(H,44,47). The quantitative estimate of drug-likeness (QED) is 0.142. The summed E-state index contributed by atoms with van der Waals surface area (Å²) in [7, 11) is 0. The Labute approximate surface area is 303 Å². The zero-order valence-electron chi connectivity index (χ0n) is 29.0. The van der Waals surface area contributed by atoms with Crippen LogP contribution in [0.4, 0.5) is 11.4 Å². The van der Waals surface area contributed by atoms with Gasteiger partial charge in [0.05, 0.1) is 18.1 Å². The largest absolute Gasteiger partial charge is 0.490 e. The molecule has 1 saturated carbocycles. The molecule has 5 rings (SSSR count). The predicted octanol–water partition coefficient (Wildman–Crippen LogP) is 8.52. The second kappa shape index (κ2) is 15.3. The number of benzene rings is 4. The van der Waals surface area contributed by atoms with Gasteiger partial charge in [-0.05, 0) is 106 Å². The van der Waals surface area contributed by atoms with Crippen LogP contribution in [0.1, 0.15) is 59.6 Å². The number of rotatable bonds is 10. The SMILES string of the molecule is CCOc1cc(C2C(C(=O)Nc3cccc(C)c3C)C(=O)CC(C)(O)C2C(=O)Nc2cccc(C)c2C)ccc1OCc1c(Cl)cccc1Cl. The number of carbonyl (C=O) groups excluding carboxylic acids is 3. The van der Waals surface area contributed by atoms with Gasteiger partial charge in [0.15, 0.2) is 11.5 Å². The van der Waals surface area contributed by atoms with Gasteiger partial charge in [-0.25, -0.2) is 0 Å². The van der Waals surface area contributed by atoms with Gasteiger partial charge in [0.1, 0.15) is 18.3 Å². The first-order valence-electron chi connectivity index (χ1n) is 16.5. The average Bonchev–Trinajstić information content (AvgIpc) is 3.05. The molecule has 10 heteroatoms. The van der Waals surface area contributed by atoms with E-state index in [2.05, 4.69) is 10.6 Å². The van der Waals surface area contributed by atoms with Crippen LogP contribution in [-0.2, 0) is 21.0 Å². The molecule has 0 saturated heterocycles. The summed E-state index contributed by atoms with van der Waals surface area (Å²) in [6.07, 6.45) is -0.391. The van der Waals surface area contributed by atoms with Crippen LogP contribution < -0.4 is 20.1 Å². The number of ether oxygens (including phenoxy) is 2. The van der Waals surface area contributed by atoms with Crippen molar-refractivity contribution in [2.75, 3.05) is 17.2 Å². The summed E-state index contributed by atoms with van der Waals surface area (Å²) in [5.74, 6) is -4.47. The number of halogens is 2. The highest BCUT2D eigenvalue weighted by molar-refractivity contribution is 6.36. The van der Waals surface area contributed by atoms with Crippen molar-refractivity contribution in [3.63, 3.8) is 0 Å². The third-order valence-corrected chi connectivity index (χ3v) is 10.4. The molecule has 0 aromatic heterocycles. The molecule has 1 aliphatic rings. The Morgan fingerprint density at radius 1 is 0.820 bits per heavy atom. The van der Waals surface area contributed by atoms with Crippen molar-refractivity contribution in [1.82, 2.24) is 0 Å². The van der Waals surface area contributed by atoms with Crippen LogP contribution in [0.3, 0.4) is 0 Å². The summed E-state index contributed by atoms with van der Waals surface area (Å²) in [4.78, 5) is 42.6. The van der Waals surface area contributed by atoms with E-state index in [4.69, 9.17) is 32.7 Å². The first-order chi connectivity index (χ1) is 23.7. The van der Waals surface area contributed by atoms with Gasteiger partial charge < -0.3 is 25.2 Å². The summed E-state index contributed by atoms with van der Waals surface area (Å²) in [6.45, 7) is 11.3. The maximum Gasteiger partial charge on any atom is 0.235 e. The average molecular weight is 718 g/mol. The van der Waals surface area contributed by atoms with E-state index in [0.717, 1.165) is 22.3 Å². The minimum atomic E-state index is -1.79. The molecule has 0 heterocycles. The van der Waals surface area contributed by atoms with Gasteiger partial charge in [-0.1, -0.05) is 59.6 Å². The second-order valence-corrected chi connectivity index (χ2v) is 13.9. The lowest BCUT2D eigenvalue weighted by molar-refractivity contribution is -0.150. The first-order valence-corrected chi connectivity index (χ1v) is 17.3. The number of aryl methyl sites for hydroxylation is 2. The lowest BCUT2D eigenvalue weighted by atomic mass is 9.61. The molecule has 4 aromatic carbocycles. The van der Waals surface area contributed by atoms with Gasteiger partial charge >= 0.3 is 0 Å². The lowest BCUT2D eigenvalue weighted by Crippen LogP contribution is -2.56. The van der Waals surface area contributed by atoms with Gasteiger partial charge in [-0.2, -0.15) is 0 Å². The van der Waals surface area contributed by atoms with Crippen molar-refractivity contribution in [3.8, 4) is 11.5 Å². The van der Waals surface area contributed by atoms with E-state index >= 15 is 0 Å². The minimum Gasteiger partial charge on any atom is -0.490 e. The molecule has 2 amide bonds. The van der Waals surface area contributed by atoms with Crippen LogP contribution in [0.5, 0.6) is 11.5 Å². The van der Waals surface area contributed by atoms with E-state index in [0.29, 0.717) is 44.0 Å². The Morgan fingerprint density at radius 3 is 1.96 bits per heavy atom. The van der Waals surface area contributed by atoms with Crippen LogP contribution in [-0.4, -0.2) is 34.9 Å². The maximum absolute atomic E-state index is 14.4. The van der Waals surface area contributed by atoms with E-state index in [-0.39, 0.29) is 13.2 Å². The monoisotopic (exact) mass is 716 g/mol. The molecule has 0 aliphatic heterocycles. The summed E-state index contributed by atoms with van der Waals surface area (Å²) >= 11 is 12.8. The number of carbonyl (C=O) groups is 3. The molecule has 262 valence electrons. The fourth-order valence-corrected chi connectivity index (χ4v) is 7.13. The van der Waals surface area contributed by atoms with Crippen LogP contribution >= 0.6 is 23.2 Å². The highest BCUT2D eigenvalue weighted by atomic mass is 35.5. The zero-order chi connectivity index (χ0) is 36.3. The topological polar surface area (TPSA) is 114 Å². The third-order valence-electron chi connectivity index (χ3n) is 9.64. The molecule has 4 atom stereocenters. The fourth-order valence-electron chi connectivity index (χ4n) is 6.63. The third kappa shape index (κ3) is 7.68. The van der Waals surface area contributed by atoms with Gasteiger partial charge in [-0.15, -0.1) is 0 Å². The van der Waals surface area contributed by atoms with Gasteiger partial charge in [0.25, 0.3) is 0 Å². The second-order valence-electron chi connectivity index (χ2n) is 13.1. The molecule has 3 N–H and O–H groups in total. The molecule has 4 aromatic rings. The number of Topliss-reactive ketones (excluding diaryl/α,β-unsaturated/α-hetero) is 1. The number of nitrogens with one attached hydrogen (secondary N) is 2. The Morgan fingerprint density at radius 2 is 1.38 bits per heavy atom. The highest BCUT2D eigenvalue weighted by Gasteiger charge is 2.56. The van der Waals surface area contributed by atoms with Crippen LogP contribution in [0.15, 0.2) is 72.8 Å². The molecule has 0 radical (unpaired) electrons. The Hall–Kier alpha value is -4.37. The number of aliphatic hydroxyl groups is 1. The number of hydrogen-bond donors (Lipinski definition) is 3. The molecule has 8 nitrogen and oxygen atoms in total. The number of anilines is 2. The smallest absolute Gasteiger partial charge is 0.235 e. The lowest BCUT2D eigenvalue weighted by Gasteiger charge is -2.44. The first kappa shape index (κ1) is 36.9. The number of amides is 2. The summed E-state index contributed by atoms with van der Waals surface area (Å²) < 4.78 is 12.1. The Kier molecular flexibility index (Phi) is 11.3. The van der Waals surface area contributed by atoms with Crippen LogP contribution in [0.2, 0.25) is 10.0 Å². The molecule has 4 unspecified atom stereocenters. The summed E-state index contributed by atoms with van der Waals surface area (Å²) in [5.41, 5.74) is 4.07. The van der Waals surface area contributed by atoms with Crippen LogP contribution in [0, 0.1) is 39.5 Å². The van der Waals surface area contributed by atoms with Gasteiger partial charge in [-0.3, -0.25) is 14.4 Å². The maximum atomic E-state index is 14.4. The van der Waals surface area contributed by atoms with Crippen LogP contribution in [0.25, 0.3) is 0 Å². The zero-order valence-corrected chi connectivity index (χ0v) is 30.5. The van der Waals surface area contributed by atoms with Gasteiger partial charge in [0.2, 0.25) is 11.8 Å². The summed E-state index contributed by atoms with van der Waals surface area (Å²) in [5, 5.41) is 18.7. The molecular formula is C40H42Cl2N2O6. The summed E-state index contributed by atoms with van der Waals surface area (Å²) in [6, 6.07) is 21.3. The van der Waals surface area contributed by atoms with E-state index in [1.165, 1.54) is 6.92 Å². The highest BCUT2D eigenvalue weighted by Crippen LogP contribution is 2.48. The fraction of sp³-hybridized carbons (Fsp3) is 0.325. The molecule has 1 aliphatic carbocycles. The minimum absolute atomic E-state index is 0.0519. The number of hydrogen-bond acceptors (Lipinski definition) is 6. The van der Waals surface area contributed by atoms with Crippen molar-refractivity contribution >= 4 is 52.2 Å². The van der Waals surface area contributed by atoms with Crippen molar-refractivity contribution in [2.24, 2.45) is 11.8 Å². The predicted molar refractivity (Wildman–Crippen MR) is 197 cm³/mol. The van der Waals surface area contributed by atoms with Crippen molar-refractivity contribution in [1.29, 1.82) is 0 Å². The van der Waals surface area contributed by atoms with Crippen molar-refractivity contribution in [2.45, 2.75) is 66.1 Å². The normalized spacial score (nSPS) is 20.3. The van der Waals surface area contributed by atoms with Gasteiger partial charge in [0, 0.05) is 39.3 Å². The number of ketones is 1. The van der Waals surface area contributed by atoms with E-state index in [1.54, 1.807) is 48.5 Å². The van der Waals surface area contributed by atoms with E-state index in [9.17, 15) is 19.5 Å². The molecule has 50 heavy (non-hydrogen) atoms. The van der Waals surface area contributed by atoms with E-state index < -0.39 is 47.4 Å². The molecular weight excluding hydrogens is 675 g/mol.